The smallest absolute Gasteiger partial charge is 0.115 e. The molecule has 90 valence electrons. The first kappa shape index (κ1) is 11.6. The molecule has 0 aliphatic rings. The van der Waals surface area contributed by atoms with Crippen LogP contribution in [0.2, 0.25) is 0 Å². The maximum absolute atomic E-state index is 9.20. The minimum absolute atomic E-state index is 0.249. The highest BCUT2D eigenvalue weighted by Gasteiger charge is 2.04. The van der Waals surface area contributed by atoms with Crippen molar-refractivity contribution in [2.75, 3.05) is 6.54 Å². The third-order valence-corrected chi connectivity index (χ3v) is 2.66. The number of nitrogens with zero attached hydrogens (tertiary/aromatic N) is 3. The van der Waals surface area contributed by atoms with E-state index in [0.717, 1.165) is 18.7 Å². The topological polar surface area (TPSA) is 63.0 Å². The minimum atomic E-state index is 0.249. The van der Waals surface area contributed by atoms with E-state index in [0.29, 0.717) is 5.75 Å². The van der Waals surface area contributed by atoms with E-state index in [4.69, 9.17) is 0 Å². The van der Waals surface area contributed by atoms with Crippen LogP contribution in [0.1, 0.15) is 18.5 Å². The van der Waals surface area contributed by atoms with Gasteiger partial charge in [0.15, 0.2) is 0 Å². The van der Waals surface area contributed by atoms with Crippen molar-refractivity contribution in [1.29, 1.82) is 0 Å². The molecule has 0 fully saturated rings. The van der Waals surface area contributed by atoms with E-state index in [2.05, 4.69) is 22.6 Å². The molecule has 0 bridgehead atoms. The van der Waals surface area contributed by atoms with Gasteiger partial charge in [0, 0.05) is 18.8 Å². The lowest BCUT2D eigenvalue weighted by Gasteiger charge is -2.14. The molecule has 5 heteroatoms. The summed E-state index contributed by atoms with van der Waals surface area (Å²) in [5.74, 6) is 0.295. The molecule has 1 aromatic carbocycles. The maximum Gasteiger partial charge on any atom is 0.115 e. The molecule has 0 aliphatic carbocycles. The second-order valence-electron chi connectivity index (χ2n) is 3.93. The number of rotatable bonds is 5. The minimum Gasteiger partial charge on any atom is -0.508 e. The Morgan fingerprint density at radius 1 is 1.35 bits per heavy atom. The molecule has 5 nitrogen and oxygen atoms in total. The van der Waals surface area contributed by atoms with Crippen molar-refractivity contribution in [2.45, 2.75) is 19.5 Å². The highest BCUT2D eigenvalue weighted by atomic mass is 16.3. The van der Waals surface area contributed by atoms with Crippen LogP contribution in [0.15, 0.2) is 36.7 Å². The quantitative estimate of drug-likeness (QED) is 0.816. The van der Waals surface area contributed by atoms with Gasteiger partial charge in [-0.1, -0.05) is 17.3 Å². The summed E-state index contributed by atoms with van der Waals surface area (Å²) in [5.41, 5.74) is 1.15. The fourth-order valence-electron chi connectivity index (χ4n) is 1.63. The Labute approximate surface area is 100 Å². The fourth-order valence-corrected chi connectivity index (χ4v) is 1.63. The average molecular weight is 232 g/mol. The van der Waals surface area contributed by atoms with Crippen molar-refractivity contribution >= 4 is 0 Å². The number of nitrogens with one attached hydrogen (secondary N) is 1. The lowest BCUT2D eigenvalue weighted by molar-refractivity contribution is 0.473. The predicted octanol–water partition coefficient (Wildman–Crippen LogP) is 1.33. The number of benzene rings is 1. The van der Waals surface area contributed by atoms with Crippen molar-refractivity contribution in [3.05, 3.63) is 42.2 Å². The van der Waals surface area contributed by atoms with Gasteiger partial charge in [-0.25, -0.2) is 0 Å². The van der Waals surface area contributed by atoms with Gasteiger partial charge in [-0.3, -0.25) is 4.68 Å². The molecule has 1 atom stereocenters. The molecule has 2 aromatic rings. The van der Waals surface area contributed by atoms with Gasteiger partial charge in [-0.15, -0.1) is 5.10 Å². The first-order chi connectivity index (χ1) is 8.25. The van der Waals surface area contributed by atoms with E-state index in [9.17, 15) is 5.11 Å². The molecule has 0 radical (unpaired) electrons. The highest BCUT2D eigenvalue weighted by molar-refractivity contribution is 5.27. The van der Waals surface area contributed by atoms with E-state index < -0.39 is 0 Å². The Kier molecular flexibility index (Phi) is 3.72. The Hall–Kier alpha value is -1.88. The van der Waals surface area contributed by atoms with Crippen molar-refractivity contribution in [3.63, 3.8) is 0 Å². The molecule has 1 unspecified atom stereocenters. The Morgan fingerprint density at radius 3 is 2.76 bits per heavy atom. The Balaban J connectivity index is 1.81. The van der Waals surface area contributed by atoms with E-state index in [1.165, 1.54) is 0 Å². The number of aromatic nitrogens is 3. The van der Waals surface area contributed by atoms with Crippen LogP contribution in [-0.2, 0) is 6.54 Å². The molecule has 1 heterocycles. The lowest BCUT2D eigenvalue weighted by Crippen LogP contribution is -2.23. The molecule has 17 heavy (non-hydrogen) atoms. The zero-order valence-electron chi connectivity index (χ0n) is 9.74. The van der Waals surface area contributed by atoms with E-state index in [1.54, 1.807) is 23.0 Å². The second kappa shape index (κ2) is 5.45. The van der Waals surface area contributed by atoms with Gasteiger partial charge < -0.3 is 10.4 Å². The molecule has 2 N–H and O–H groups in total. The number of hydrogen-bond acceptors (Lipinski definition) is 4. The van der Waals surface area contributed by atoms with Crippen LogP contribution in [-0.4, -0.2) is 26.6 Å². The Morgan fingerprint density at radius 2 is 2.12 bits per heavy atom. The molecule has 0 aliphatic heterocycles. The summed E-state index contributed by atoms with van der Waals surface area (Å²) in [6.07, 6.45) is 3.51. The predicted molar refractivity (Wildman–Crippen MR) is 64.5 cm³/mol. The maximum atomic E-state index is 9.20. The molecular weight excluding hydrogens is 216 g/mol. The molecule has 0 saturated heterocycles. The number of phenolic OH excluding ortho intramolecular Hbond substituents is 1. The summed E-state index contributed by atoms with van der Waals surface area (Å²) in [4.78, 5) is 0. The van der Waals surface area contributed by atoms with Crippen LogP contribution < -0.4 is 5.32 Å². The molecule has 1 aromatic heterocycles. The molecule has 0 amide bonds. The normalized spacial score (nSPS) is 12.5. The first-order valence-corrected chi connectivity index (χ1v) is 5.62. The third-order valence-electron chi connectivity index (χ3n) is 2.66. The van der Waals surface area contributed by atoms with Crippen LogP contribution in [0.25, 0.3) is 0 Å². The number of hydrogen-bond donors (Lipinski definition) is 2. The zero-order chi connectivity index (χ0) is 12.1. The van der Waals surface area contributed by atoms with Gasteiger partial charge in [-0.05, 0) is 24.6 Å². The van der Waals surface area contributed by atoms with E-state index in [1.807, 2.05) is 18.3 Å². The third kappa shape index (κ3) is 3.29. The van der Waals surface area contributed by atoms with Crippen LogP contribution >= 0.6 is 0 Å². The number of aromatic hydroxyl groups is 1. The molecule has 0 saturated carbocycles. The van der Waals surface area contributed by atoms with Crippen LogP contribution in [0.4, 0.5) is 0 Å². The summed E-state index contributed by atoms with van der Waals surface area (Å²) in [7, 11) is 0. The monoisotopic (exact) mass is 232 g/mol. The molecular formula is C12H16N4O. The van der Waals surface area contributed by atoms with Crippen molar-refractivity contribution < 1.29 is 5.11 Å². The SMILES string of the molecule is CC(NCCn1ccnn1)c1ccc(O)cc1. The number of phenols is 1. The summed E-state index contributed by atoms with van der Waals surface area (Å²) >= 11 is 0. The summed E-state index contributed by atoms with van der Waals surface area (Å²) in [6.45, 7) is 3.71. The van der Waals surface area contributed by atoms with E-state index in [-0.39, 0.29) is 6.04 Å². The Bertz CT molecular complexity index is 438. The van der Waals surface area contributed by atoms with Gasteiger partial charge >= 0.3 is 0 Å². The van der Waals surface area contributed by atoms with Crippen molar-refractivity contribution in [3.8, 4) is 5.75 Å². The second-order valence-corrected chi connectivity index (χ2v) is 3.93. The fraction of sp³-hybridized carbons (Fsp3) is 0.333. The lowest BCUT2D eigenvalue weighted by atomic mass is 10.1. The molecule has 0 spiro atoms. The van der Waals surface area contributed by atoms with Gasteiger partial charge in [0.1, 0.15) is 5.75 Å². The van der Waals surface area contributed by atoms with Crippen LogP contribution in [0.3, 0.4) is 0 Å². The van der Waals surface area contributed by atoms with Crippen molar-refractivity contribution in [2.24, 2.45) is 0 Å². The highest BCUT2D eigenvalue weighted by Crippen LogP contribution is 2.15. The van der Waals surface area contributed by atoms with Crippen LogP contribution in [0.5, 0.6) is 5.75 Å². The average Bonchev–Trinajstić information content (AvgIpc) is 2.83. The summed E-state index contributed by atoms with van der Waals surface area (Å²) in [5, 5.41) is 20.2. The summed E-state index contributed by atoms with van der Waals surface area (Å²) in [6, 6.07) is 7.49. The van der Waals surface area contributed by atoms with Crippen molar-refractivity contribution in [1.82, 2.24) is 20.3 Å². The standard InChI is InChI=1S/C12H16N4O/c1-10(11-2-4-12(17)5-3-11)13-6-8-16-9-7-14-15-16/h2-5,7,9-10,13,17H,6,8H2,1H3. The largest absolute Gasteiger partial charge is 0.508 e. The van der Waals surface area contributed by atoms with E-state index >= 15 is 0 Å². The van der Waals surface area contributed by atoms with Crippen LogP contribution in [0, 0.1) is 0 Å². The van der Waals surface area contributed by atoms with Gasteiger partial charge in [0.25, 0.3) is 0 Å². The molecule has 2 rings (SSSR count). The van der Waals surface area contributed by atoms with Gasteiger partial charge in [0.2, 0.25) is 0 Å². The zero-order valence-corrected chi connectivity index (χ0v) is 9.74. The van der Waals surface area contributed by atoms with Gasteiger partial charge in [0.05, 0.1) is 12.7 Å². The first-order valence-electron chi connectivity index (χ1n) is 5.62. The summed E-state index contributed by atoms with van der Waals surface area (Å²) < 4.78 is 1.79. The van der Waals surface area contributed by atoms with Gasteiger partial charge in [-0.2, -0.15) is 0 Å².